The molecule has 0 radical (unpaired) electrons. The van der Waals surface area contributed by atoms with Gasteiger partial charge < -0.3 is 0 Å². The number of rotatable bonds is 1. The second-order valence-electron chi connectivity index (χ2n) is 4.96. The van der Waals surface area contributed by atoms with Crippen LogP contribution in [0.5, 0.6) is 0 Å². The molecule has 0 bridgehead atoms. The van der Waals surface area contributed by atoms with Gasteiger partial charge in [-0.2, -0.15) is 0 Å². The highest BCUT2D eigenvalue weighted by molar-refractivity contribution is 9.10. The molecule has 0 amide bonds. The van der Waals surface area contributed by atoms with Crippen molar-refractivity contribution < 1.29 is 0 Å². The molecule has 0 atom stereocenters. The summed E-state index contributed by atoms with van der Waals surface area (Å²) in [4.78, 5) is 0. The third-order valence-corrected chi connectivity index (χ3v) is 5.51. The molecular weight excluding hydrogens is 364 g/mol. The normalized spacial score (nSPS) is 11.3. The minimum atomic E-state index is 0.768. The molecule has 0 N–H and O–H groups in total. The predicted octanol–water partition coefficient (Wildman–Crippen LogP) is 7.14. The molecule has 102 valence electrons. The van der Waals surface area contributed by atoms with Gasteiger partial charge in [0.1, 0.15) is 0 Å². The predicted molar refractivity (Wildman–Crippen MR) is 97.5 cm³/mol. The summed E-state index contributed by atoms with van der Waals surface area (Å²) in [6.45, 7) is 0. The van der Waals surface area contributed by atoms with Crippen molar-refractivity contribution >= 4 is 59.0 Å². The molecule has 0 spiro atoms. The van der Waals surface area contributed by atoms with Crippen LogP contribution in [0.15, 0.2) is 65.1 Å². The molecule has 21 heavy (non-hydrogen) atoms. The van der Waals surface area contributed by atoms with E-state index in [-0.39, 0.29) is 0 Å². The number of benzene rings is 3. The first-order valence-corrected chi connectivity index (χ1v) is 8.57. The summed E-state index contributed by atoms with van der Waals surface area (Å²) in [6, 6.07) is 21.1. The Balaban J connectivity index is 1.98. The Kier molecular flexibility index (Phi) is 3.26. The van der Waals surface area contributed by atoms with Crippen molar-refractivity contribution in [2.24, 2.45) is 0 Å². The van der Waals surface area contributed by atoms with Crippen molar-refractivity contribution in [2.75, 3.05) is 0 Å². The van der Waals surface area contributed by atoms with E-state index in [0.29, 0.717) is 0 Å². The van der Waals surface area contributed by atoms with Gasteiger partial charge in [0.2, 0.25) is 0 Å². The molecule has 0 aliphatic carbocycles. The standard InChI is InChI=1S/C18H10BrClS/c19-13-4-8-18-16(10-13)15-9-12(3-7-17(15)21-18)11-1-5-14(20)6-2-11/h1-10H. The Labute approximate surface area is 140 Å². The second-order valence-corrected chi connectivity index (χ2v) is 7.40. The maximum atomic E-state index is 5.97. The summed E-state index contributed by atoms with van der Waals surface area (Å²) >= 11 is 11.4. The number of hydrogen-bond donors (Lipinski definition) is 0. The number of thiophene rings is 1. The number of fused-ring (bicyclic) bond motifs is 3. The van der Waals surface area contributed by atoms with Crippen LogP contribution in [0.25, 0.3) is 31.3 Å². The molecule has 0 nitrogen and oxygen atoms in total. The fraction of sp³-hybridized carbons (Fsp3) is 0. The molecule has 0 saturated carbocycles. The van der Waals surface area contributed by atoms with Crippen molar-refractivity contribution in [3.8, 4) is 11.1 Å². The van der Waals surface area contributed by atoms with E-state index in [9.17, 15) is 0 Å². The molecule has 1 heterocycles. The van der Waals surface area contributed by atoms with Crippen molar-refractivity contribution in [1.82, 2.24) is 0 Å². The Bertz CT molecular complexity index is 954. The summed E-state index contributed by atoms with van der Waals surface area (Å²) in [5, 5.41) is 3.38. The van der Waals surface area contributed by atoms with Crippen LogP contribution in [0.1, 0.15) is 0 Å². The van der Waals surface area contributed by atoms with E-state index in [4.69, 9.17) is 11.6 Å². The Morgan fingerprint density at radius 2 is 1.33 bits per heavy atom. The Morgan fingerprint density at radius 1 is 0.714 bits per heavy atom. The van der Waals surface area contributed by atoms with Crippen LogP contribution < -0.4 is 0 Å². The van der Waals surface area contributed by atoms with Crippen molar-refractivity contribution in [2.45, 2.75) is 0 Å². The molecule has 3 heteroatoms. The van der Waals surface area contributed by atoms with E-state index in [1.807, 2.05) is 23.5 Å². The third kappa shape index (κ3) is 2.38. The fourth-order valence-electron chi connectivity index (χ4n) is 2.57. The molecule has 1 aromatic heterocycles. The molecule has 0 unspecified atom stereocenters. The van der Waals surface area contributed by atoms with E-state index >= 15 is 0 Å². The van der Waals surface area contributed by atoms with Gasteiger partial charge in [-0.3, -0.25) is 0 Å². The van der Waals surface area contributed by atoms with Crippen LogP contribution in [0.3, 0.4) is 0 Å². The van der Waals surface area contributed by atoms with Gasteiger partial charge in [0.05, 0.1) is 0 Å². The lowest BCUT2D eigenvalue weighted by molar-refractivity contribution is 1.65. The summed E-state index contributed by atoms with van der Waals surface area (Å²) in [6.07, 6.45) is 0. The smallest absolute Gasteiger partial charge is 0.0406 e. The molecule has 3 aromatic carbocycles. The van der Waals surface area contributed by atoms with Gasteiger partial charge in [0.15, 0.2) is 0 Å². The van der Waals surface area contributed by atoms with Gasteiger partial charge in [-0.15, -0.1) is 11.3 Å². The van der Waals surface area contributed by atoms with Crippen LogP contribution in [-0.2, 0) is 0 Å². The average Bonchev–Trinajstić information content (AvgIpc) is 2.85. The molecule has 0 aliphatic rings. The molecular formula is C18H10BrClS. The molecule has 0 fully saturated rings. The first-order chi connectivity index (χ1) is 10.2. The van der Waals surface area contributed by atoms with Gasteiger partial charge in [-0.1, -0.05) is 45.7 Å². The highest BCUT2D eigenvalue weighted by atomic mass is 79.9. The van der Waals surface area contributed by atoms with Crippen LogP contribution in [0, 0.1) is 0 Å². The number of halogens is 2. The fourth-order valence-corrected chi connectivity index (χ4v) is 4.13. The lowest BCUT2D eigenvalue weighted by atomic mass is 10.0. The van der Waals surface area contributed by atoms with Crippen LogP contribution >= 0.6 is 38.9 Å². The van der Waals surface area contributed by atoms with Crippen LogP contribution in [0.4, 0.5) is 0 Å². The Hall–Kier alpha value is -1.35. The minimum Gasteiger partial charge on any atom is -0.135 e. The molecule has 4 rings (SSSR count). The van der Waals surface area contributed by atoms with Crippen molar-refractivity contribution in [3.05, 3.63) is 70.2 Å². The first-order valence-electron chi connectivity index (χ1n) is 6.58. The topological polar surface area (TPSA) is 0 Å². The van der Waals surface area contributed by atoms with Gasteiger partial charge in [0.25, 0.3) is 0 Å². The Morgan fingerprint density at radius 3 is 2.10 bits per heavy atom. The highest BCUT2D eigenvalue weighted by Crippen LogP contribution is 2.37. The van der Waals surface area contributed by atoms with E-state index in [0.717, 1.165) is 9.50 Å². The third-order valence-electron chi connectivity index (χ3n) is 3.61. The quantitative estimate of drug-likeness (QED) is 0.332. The zero-order chi connectivity index (χ0) is 14.4. The van der Waals surface area contributed by atoms with Gasteiger partial charge in [-0.25, -0.2) is 0 Å². The zero-order valence-corrected chi connectivity index (χ0v) is 14.1. The minimum absolute atomic E-state index is 0.768. The second kappa shape index (κ2) is 5.13. The van der Waals surface area contributed by atoms with Gasteiger partial charge in [0, 0.05) is 29.7 Å². The molecule has 4 aromatic rings. The SMILES string of the molecule is Clc1ccc(-c2ccc3sc4ccc(Br)cc4c3c2)cc1. The highest BCUT2D eigenvalue weighted by Gasteiger charge is 2.07. The lowest BCUT2D eigenvalue weighted by Crippen LogP contribution is -1.77. The number of hydrogen-bond acceptors (Lipinski definition) is 1. The monoisotopic (exact) mass is 372 g/mol. The van der Waals surface area contributed by atoms with E-state index in [1.165, 1.54) is 31.3 Å². The van der Waals surface area contributed by atoms with Gasteiger partial charge >= 0.3 is 0 Å². The lowest BCUT2D eigenvalue weighted by Gasteiger charge is -2.02. The van der Waals surface area contributed by atoms with Crippen LogP contribution in [-0.4, -0.2) is 0 Å². The zero-order valence-electron chi connectivity index (χ0n) is 10.9. The van der Waals surface area contributed by atoms with Crippen molar-refractivity contribution in [3.63, 3.8) is 0 Å². The summed E-state index contributed by atoms with van der Waals surface area (Å²) < 4.78 is 3.76. The largest absolute Gasteiger partial charge is 0.135 e. The van der Waals surface area contributed by atoms with Crippen molar-refractivity contribution in [1.29, 1.82) is 0 Å². The maximum Gasteiger partial charge on any atom is 0.0406 e. The average molecular weight is 374 g/mol. The van der Waals surface area contributed by atoms with E-state index in [1.54, 1.807) is 0 Å². The van der Waals surface area contributed by atoms with Gasteiger partial charge in [-0.05, 0) is 53.6 Å². The van der Waals surface area contributed by atoms with E-state index in [2.05, 4.69) is 64.5 Å². The summed E-state index contributed by atoms with van der Waals surface area (Å²) in [7, 11) is 0. The molecule has 0 saturated heterocycles. The van der Waals surface area contributed by atoms with Crippen LogP contribution in [0.2, 0.25) is 5.02 Å². The maximum absolute atomic E-state index is 5.97. The first kappa shape index (κ1) is 13.3. The summed E-state index contributed by atoms with van der Waals surface area (Å²) in [5.41, 5.74) is 2.41. The van der Waals surface area contributed by atoms with E-state index < -0.39 is 0 Å². The molecule has 0 aliphatic heterocycles. The summed E-state index contributed by atoms with van der Waals surface area (Å²) in [5.74, 6) is 0.